The summed E-state index contributed by atoms with van der Waals surface area (Å²) in [6, 6.07) is 4.73. The third kappa shape index (κ3) is 1.77. The second-order valence-corrected chi connectivity index (χ2v) is 4.30. The van der Waals surface area contributed by atoms with Crippen LogP contribution in [0, 0.1) is 3.57 Å². The predicted molar refractivity (Wildman–Crippen MR) is 56.9 cm³/mol. The largest absolute Gasteiger partial charge is 0.309 e. The highest BCUT2D eigenvalue weighted by molar-refractivity contribution is 14.1. The molecule has 1 aliphatic heterocycles. The Hall–Kier alpha value is -0.160. The zero-order chi connectivity index (χ0) is 8.39. The van der Waals surface area contributed by atoms with Crippen molar-refractivity contribution in [2.45, 2.75) is 18.9 Å². The molecule has 1 aliphatic rings. The van der Waals surface area contributed by atoms with Crippen LogP contribution >= 0.6 is 22.6 Å². The van der Waals surface area contributed by atoms with Gasteiger partial charge in [-0.1, -0.05) is 0 Å². The molecule has 3 heteroatoms. The van der Waals surface area contributed by atoms with E-state index in [1.807, 2.05) is 6.20 Å². The number of hydrogen-bond acceptors (Lipinski definition) is 2. The zero-order valence-electron chi connectivity index (χ0n) is 6.76. The van der Waals surface area contributed by atoms with Gasteiger partial charge in [-0.25, -0.2) is 0 Å². The average Bonchev–Trinajstić information content (AvgIpc) is 2.58. The van der Waals surface area contributed by atoms with Crippen LogP contribution in [-0.4, -0.2) is 11.5 Å². The van der Waals surface area contributed by atoms with E-state index in [9.17, 15) is 0 Å². The molecule has 2 nitrogen and oxygen atoms in total. The van der Waals surface area contributed by atoms with Gasteiger partial charge >= 0.3 is 0 Å². The summed E-state index contributed by atoms with van der Waals surface area (Å²) in [5.41, 5.74) is 1.19. The summed E-state index contributed by atoms with van der Waals surface area (Å²) in [5, 5.41) is 3.43. The molecule has 0 amide bonds. The average molecular weight is 274 g/mol. The molecule has 12 heavy (non-hydrogen) atoms. The highest BCUT2D eigenvalue weighted by atomic mass is 127. The molecule has 0 aromatic carbocycles. The molecular weight excluding hydrogens is 263 g/mol. The Morgan fingerprint density at radius 3 is 3.00 bits per heavy atom. The lowest BCUT2D eigenvalue weighted by molar-refractivity contribution is 0.627. The van der Waals surface area contributed by atoms with Crippen LogP contribution in [-0.2, 0) is 0 Å². The van der Waals surface area contributed by atoms with Crippen molar-refractivity contribution >= 4 is 22.6 Å². The van der Waals surface area contributed by atoms with Gasteiger partial charge in [-0.3, -0.25) is 4.98 Å². The molecule has 0 aliphatic carbocycles. The van der Waals surface area contributed by atoms with Gasteiger partial charge in [0, 0.05) is 15.8 Å². The summed E-state index contributed by atoms with van der Waals surface area (Å²) >= 11 is 2.28. The smallest absolute Gasteiger partial charge is 0.0573 e. The molecule has 0 bridgehead atoms. The SMILES string of the molecule is Ic1ccc(C2CCCN2)nc1. The Balaban J connectivity index is 2.17. The van der Waals surface area contributed by atoms with Gasteiger partial charge < -0.3 is 5.32 Å². The van der Waals surface area contributed by atoms with Crippen LogP contribution in [0.2, 0.25) is 0 Å². The zero-order valence-corrected chi connectivity index (χ0v) is 8.91. The second kappa shape index (κ2) is 3.70. The Morgan fingerprint density at radius 1 is 1.50 bits per heavy atom. The maximum absolute atomic E-state index is 4.39. The number of rotatable bonds is 1. The molecule has 0 radical (unpaired) electrons. The van der Waals surface area contributed by atoms with E-state index in [1.165, 1.54) is 22.1 Å². The minimum Gasteiger partial charge on any atom is -0.309 e. The monoisotopic (exact) mass is 274 g/mol. The van der Waals surface area contributed by atoms with Gasteiger partial charge in [0.2, 0.25) is 0 Å². The minimum absolute atomic E-state index is 0.502. The minimum atomic E-state index is 0.502. The highest BCUT2D eigenvalue weighted by Crippen LogP contribution is 2.21. The van der Waals surface area contributed by atoms with E-state index >= 15 is 0 Å². The lowest BCUT2D eigenvalue weighted by atomic mass is 10.1. The lowest BCUT2D eigenvalue weighted by Crippen LogP contribution is -2.13. The van der Waals surface area contributed by atoms with Gasteiger partial charge in [0.05, 0.1) is 5.69 Å². The van der Waals surface area contributed by atoms with Gasteiger partial charge in [0.1, 0.15) is 0 Å². The van der Waals surface area contributed by atoms with E-state index in [4.69, 9.17) is 0 Å². The predicted octanol–water partition coefficient (Wildman–Crippen LogP) is 2.11. The summed E-state index contributed by atoms with van der Waals surface area (Å²) in [6.45, 7) is 1.14. The fraction of sp³-hybridized carbons (Fsp3) is 0.444. The molecule has 1 unspecified atom stereocenters. The number of hydrogen-bond donors (Lipinski definition) is 1. The molecule has 2 rings (SSSR count). The molecule has 0 saturated carbocycles. The van der Waals surface area contributed by atoms with Crippen LogP contribution in [0.25, 0.3) is 0 Å². The van der Waals surface area contributed by atoms with Crippen LogP contribution in [0.1, 0.15) is 24.6 Å². The Bertz CT molecular complexity index is 252. The second-order valence-electron chi connectivity index (χ2n) is 3.05. The van der Waals surface area contributed by atoms with Crippen LogP contribution in [0.5, 0.6) is 0 Å². The summed E-state index contributed by atoms with van der Waals surface area (Å²) in [4.78, 5) is 4.39. The molecule has 2 heterocycles. The quantitative estimate of drug-likeness (QED) is 0.793. The number of aromatic nitrogens is 1. The van der Waals surface area contributed by atoms with E-state index in [2.05, 4.69) is 45.0 Å². The fourth-order valence-electron chi connectivity index (χ4n) is 1.53. The van der Waals surface area contributed by atoms with Gasteiger partial charge in [-0.2, -0.15) is 0 Å². The molecule has 1 N–H and O–H groups in total. The third-order valence-corrected chi connectivity index (χ3v) is 2.81. The number of pyridine rings is 1. The van der Waals surface area contributed by atoms with E-state index in [-0.39, 0.29) is 0 Å². The molecule has 0 spiro atoms. The third-order valence-electron chi connectivity index (χ3n) is 2.17. The van der Waals surface area contributed by atoms with Crippen LogP contribution in [0.15, 0.2) is 18.3 Å². The molecule has 1 saturated heterocycles. The van der Waals surface area contributed by atoms with Gasteiger partial charge in [-0.15, -0.1) is 0 Å². The van der Waals surface area contributed by atoms with Crippen molar-refractivity contribution in [1.29, 1.82) is 0 Å². The fourth-order valence-corrected chi connectivity index (χ4v) is 1.85. The molecule has 64 valence electrons. The lowest BCUT2D eigenvalue weighted by Gasteiger charge is -2.08. The number of nitrogens with zero attached hydrogens (tertiary/aromatic N) is 1. The summed E-state index contributed by atoms with van der Waals surface area (Å²) in [5.74, 6) is 0. The summed E-state index contributed by atoms with van der Waals surface area (Å²) in [7, 11) is 0. The summed E-state index contributed by atoms with van der Waals surface area (Å²) < 4.78 is 1.20. The maximum atomic E-state index is 4.39. The van der Waals surface area contributed by atoms with Crippen molar-refractivity contribution in [3.8, 4) is 0 Å². The number of halogens is 1. The Labute approximate surface area is 85.9 Å². The Morgan fingerprint density at radius 2 is 2.42 bits per heavy atom. The number of nitrogens with one attached hydrogen (secondary N) is 1. The molecular formula is C9H11IN2. The van der Waals surface area contributed by atoms with Crippen molar-refractivity contribution in [2.24, 2.45) is 0 Å². The van der Waals surface area contributed by atoms with Crippen LogP contribution in [0.4, 0.5) is 0 Å². The van der Waals surface area contributed by atoms with Crippen molar-refractivity contribution in [2.75, 3.05) is 6.54 Å². The first-order chi connectivity index (χ1) is 5.86. The van der Waals surface area contributed by atoms with Crippen LogP contribution < -0.4 is 5.32 Å². The van der Waals surface area contributed by atoms with Crippen molar-refractivity contribution in [3.05, 3.63) is 27.6 Å². The topological polar surface area (TPSA) is 24.9 Å². The van der Waals surface area contributed by atoms with E-state index in [0.717, 1.165) is 6.54 Å². The standard InChI is InChI=1S/C9H11IN2/c10-7-3-4-9(12-6-7)8-2-1-5-11-8/h3-4,6,8,11H,1-2,5H2. The Kier molecular flexibility index (Phi) is 2.60. The van der Waals surface area contributed by atoms with E-state index < -0.39 is 0 Å². The maximum Gasteiger partial charge on any atom is 0.0573 e. The van der Waals surface area contributed by atoms with Gasteiger partial charge in [-0.05, 0) is 54.1 Å². The van der Waals surface area contributed by atoms with E-state index in [1.54, 1.807) is 0 Å². The molecule has 1 fully saturated rings. The first-order valence-corrected chi connectivity index (χ1v) is 5.29. The van der Waals surface area contributed by atoms with Gasteiger partial charge in [0.25, 0.3) is 0 Å². The summed E-state index contributed by atoms with van der Waals surface area (Å²) in [6.07, 6.45) is 4.43. The molecule has 1 aromatic rings. The van der Waals surface area contributed by atoms with E-state index in [0.29, 0.717) is 6.04 Å². The van der Waals surface area contributed by atoms with Crippen molar-refractivity contribution in [3.63, 3.8) is 0 Å². The first-order valence-electron chi connectivity index (χ1n) is 4.21. The first kappa shape index (κ1) is 8.44. The molecule has 1 aromatic heterocycles. The molecule has 1 atom stereocenters. The van der Waals surface area contributed by atoms with Crippen molar-refractivity contribution in [1.82, 2.24) is 10.3 Å². The van der Waals surface area contributed by atoms with Gasteiger partial charge in [0.15, 0.2) is 0 Å². The highest BCUT2D eigenvalue weighted by Gasteiger charge is 2.16. The van der Waals surface area contributed by atoms with Crippen LogP contribution in [0.3, 0.4) is 0 Å². The van der Waals surface area contributed by atoms with Crippen molar-refractivity contribution < 1.29 is 0 Å². The normalized spacial score (nSPS) is 22.9.